The first-order valence-electron chi connectivity index (χ1n) is 7.27. The fraction of sp³-hybridized carbons (Fsp3) is 0.353. The van der Waals surface area contributed by atoms with Crippen LogP contribution in [0, 0.1) is 0 Å². The van der Waals surface area contributed by atoms with E-state index in [2.05, 4.69) is 47.6 Å². The Balaban J connectivity index is 1.79. The lowest BCUT2D eigenvalue weighted by Gasteiger charge is -2.18. The second-order valence-electron chi connectivity index (χ2n) is 5.13. The fourth-order valence-electron chi connectivity index (χ4n) is 2.26. The molecule has 20 heavy (non-hydrogen) atoms. The lowest BCUT2D eigenvalue weighted by Crippen LogP contribution is -2.22. The van der Waals surface area contributed by atoms with Crippen molar-refractivity contribution in [3.8, 4) is 5.75 Å². The minimum absolute atomic E-state index is 0.135. The molecule has 3 heteroatoms. The first kappa shape index (κ1) is 13.1. The van der Waals surface area contributed by atoms with Gasteiger partial charge in [0.15, 0.2) is 0 Å². The van der Waals surface area contributed by atoms with Crippen molar-refractivity contribution in [1.82, 2.24) is 10.3 Å². The maximum Gasteiger partial charge on any atom is 0.119 e. The summed E-state index contributed by atoms with van der Waals surface area (Å²) in [6.07, 6.45) is 4.66. The quantitative estimate of drug-likeness (QED) is 0.872. The van der Waals surface area contributed by atoms with Crippen LogP contribution in [0.15, 0.2) is 48.7 Å². The Labute approximate surface area is 120 Å². The van der Waals surface area contributed by atoms with Gasteiger partial charge in [-0.05, 0) is 49.2 Å². The van der Waals surface area contributed by atoms with Crippen LogP contribution in [0.5, 0.6) is 5.75 Å². The topological polar surface area (TPSA) is 34.1 Å². The van der Waals surface area contributed by atoms with E-state index in [9.17, 15) is 0 Å². The highest BCUT2D eigenvalue weighted by Gasteiger charge is 2.23. The van der Waals surface area contributed by atoms with Crippen LogP contribution in [0.1, 0.15) is 37.1 Å². The van der Waals surface area contributed by atoms with E-state index < -0.39 is 0 Å². The third-order valence-corrected chi connectivity index (χ3v) is 3.43. The number of rotatable bonds is 6. The number of nitrogens with one attached hydrogen (secondary N) is 1. The number of nitrogens with zero attached hydrogens (tertiary/aromatic N) is 1. The molecule has 1 aromatic heterocycles. The first-order valence-corrected chi connectivity index (χ1v) is 7.27. The molecule has 1 aliphatic carbocycles. The predicted molar refractivity (Wildman–Crippen MR) is 79.8 cm³/mol. The largest absolute Gasteiger partial charge is 0.490 e. The van der Waals surface area contributed by atoms with Gasteiger partial charge < -0.3 is 10.1 Å². The molecule has 0 saturated heterocycles. The molecule has 0 aliphatic heterocycles. The third-order valence-electron chi connectivity index (χ3n) is 3.43. The van der Waals surface area contributed by atoms with Crippen molar-refractivity contribution in [2.24, 2.45) is 0 Å². The van der Waals surface area contributed by atoms with E-state index in [1.165, 1.54) is 18.4 Å². The van der Waals surface area contributed by atoms with Crippen LogP contribution in [0.3, 0.4) is 0 Å². The maximum atomic E-state index is 5.79. The zero-order valence-electron chi connectivity index (χ0n) is 11.8. The smallest absolute Gasteiger partial charge is 0.119 e. The number of aromatic nitrogens is 1. The van der Waals surface area contributed by atoms with Gasteiger partial charge in [-0.2, -0.15) is 0 Å². The highest BCUT2D eigenvalue weighted by Crippen LogP contribution is 2.28. The van der Waals surface area contributed by atoms with Crippen molar-refractivity contribution in [3.63, 3.8) is 0 Å². The zero-order chi connectivity index (χ0) is 13.8. The van der Waals surface area contributed by atoms with Crippen LogP contribution < -0.4 is 10.1 Å². The Morgan fingerprint density at radius 2 is 2.00 bits per heavy atom. The van der Waals surface area contributed by atoms with Crippen molar-refractivity contribution in [2.75, 3.05) is 6.54 Å². The SMILES string of the molecule is CCNC(c1ccc(OC2CC2)cc1)c1ccccn1. The highest BCUT2D eigenvalue weighted by atomic mass is 16.5. The molecule has 2 aromatic rings. The first-order chi connectivity index (χ1) is 9.86. The summed E-state index contributed by atoms with van der Waals surface area (Å²) < 4.78 is 5.79. The van der Waals surface area contributed by atoms with Crippen LogP contribution in [-0.4, -0.2) is 17.6 Å². The summed E-state index contributed by atoms with van der Waals surface area (Å²) in [6, 6.07) is 14.5. The molecule has 0 radical (unpaired) electrons. The van der Waals surface area contributed by atoms with Crippen molar-refractivity contribution < 1.29 is 4.74 Å². The van der Waals surface area contributed by atoms with Crippen LogP contribution in [-0.2, 0) is 0 Å². The average Bonchev–Trinajstić information content (AvgIpc) is 3.31. The number of hydrogen-bond acceptors (Lipinski definition) is 3. The van der Waals surface area contributed by atoms with Gasteiger partial charge in [-0.25, -0.2) is 0 Å². The van der Waals surface area contributed by atoms with Crippen LogP contribution in [0.4, 0.5) is 0 Å². The molecule has 1 aromatic carbocycles. The van der Waals surface area contributed by atoms with Gasteiger partial charge in [-0.1, -0.05) is 25.1 Å². The van der Waals surface area contributed by atoms with Gasteiger partial charge in [0.25, 0.3) is 0 Å². The van der Waals surface area contributed by atoms with E-state index in [-0.39, 0.29) is 6.04 Å². The molecular weight excluding hydrogens is 248 g/mol. The number of benzene rings is 1. The van der Waals surface area contributed by atoms with E-state index in [1.54, 1.807) is 0 Å². The molecule has 3 rings (SSSR count). The van der Waals surface area contributed by atoms with E-state index in [0.29, 0.717) is 6.10 Å². The van der Waals surface area contributed by atoms with E-state index in [4.69, 9.17) is 4.74 Å². The van der Waals surface area contributed by atoms with Gasteiger partial charge >= 0.3 is 0 Å². The Morgan fingerprint density at radius 1 is 1.20 bits per heavy atom. The monoisotopic (exact) mass is 268 g/mol. The number of ether oxygens (including phenoxy) is 1. The highest BCUT2D eigenvalue weighted by molar-refractivity contribution is 5.33. The standard InChI is InChI=1S/C17H20N2O/c1-2-18-17(16-5-3-4-12-19-16)13-6-8-14(9-7-13)20-15-10-11-15/h3-9,12,15,17-18H,2,10-11H2,1H3. The molecule has 1 heterocycles. The summed E-state index contributed by atoms with van der Waals surface area (Å²) in [7, 11) is 0. The van der Waals surface area contributed by atoms with Gasteiger partial charge in [-0.3, -0.25) is 4.98 Å². The van der Waals surface area contributed by atoms with Gasteiger partial charge in [0, 0.05) is 6.20 Å². The molecule has 1 unspecified atom stereocenters. The van der Waals surface area contributed by atoms with Crippen molar-refractivity contribution >= 4 is 0 Å². The normalized spacial score (nSPS) is 15.8. The van der Waals surface area contributed by atoms with Gasteiger partial charge in [0.1, 0.15) is 5.75 Å². The molecular formula is C17H20N2O. The fourth-order valence-corrected chi connectivity index (χ4v) is 2.26. The molecule has 1 saturated carbocycles. The molecule has 1 N–H and O–H groups in total. The zero-order valence-corrected chi connectivity index (χ0v) is 11.8. The molecule has 104 valence electrons. The van der Waals surface area contributed by atoms with Crippen molar-refractivity contribution in [2.45, 2.75) is 31.9 Å². The Hall–Kier alpha value is -1.87. The van der Waals surface area contributed by atoms with E-state index in [1.807, 2.05) is 18.3 Å². The summed E-state index contributed by atoms with van der Waals surface area (Å²) in [5.74, 6) is 0.965. The van der Waals surface area contributed by atoms with Crippen LogP contribution in [0.25, 0.3) is 0 Å². The molecule has 0 bridgehead atoms. The number of hydrogen-bond donors (Lipinski definition) is 1. The van der Waals surface area contributed by atoms with Crippen LogP contribution in [0.2, 0.25) is 0 Å². The minimum atomic E-state index is 0.135. The summed E-state index contributed by atoms with van der Waals surface area (Å²) in [5, 5.41) is 3.48. The lowest BCUT2D eigenvalue weighted by atomic mass is 10.0. The predicted octanol–water partition coefficient (Wildman–Crippen LogP) is 3.32. The van der Waals surface area contributed by atoms with Crippen molar-refractivity contribution in [3.05, 3.63) is 59.9 Å². The molecule has 0 amide bonds. The minimum Gasteiger partial charge on any atom is -0.490 e. The maximum absolute atomic E-state index is 5.79. The molecule has 0 spiro atoms. The third kappa shape index (κ3) is 3.17. The Morgan fingerprint density at radius 3 is 2.60 bits per heavy atom. The Bertz CT molecular complexity index is 535. The van der Waals surface area contributed by atoms with Gasteiger partial charge in [-0.15, -0.1) is 0 Å². The molecule has 3 nitrogen and oxygen atoms in total. The second kappa shape index (κ2) is 6.06. The summed E-state index contributed by atoms with van der Waals surface area (Å²) >= 11 is 0. The Kier molecular flexibility index (Phi) is 3.97. The van der Waals surface area contributed by atoms with E-state index in [0.717, 1.165) is 18.0 Å². The molecule has 1 atom stereocenters. The van der Waals surface area contributed by atoms with Gasteiger partial charge in [0.05, 0.1) is 17.8 Å². The molecule has 1 aliphatic rings. The van der Waals surface area contributed by atoms with Crippen molar-refractivity contribution in [1.29, 1.82) is 0 Å². The van der Waals surface area contributed by atoms with E-state index >= 15 is 0 Å². The summed E-state index contributed by atoms with van der Waals surface area (Å²) in [6.45, 7) is 3.02. The summed E-state index contributed by atoms with van der Waals surface area (Å²) in [5.41, 5.74) is 2.26. The second-order valence-corrected chi connectivity index (χ2v) is 5.13. The molecule has 1 fully saturated rings. The van der Waals surface area contributed by atoms with Crippen LogP contribution >= 0.6 is 0 Å². The lowest BCUT2D eigenvalue weighted by molar-refractivity contribution is 0.303. The average molecular weight is 268 g/mol. The van der Waals surface area contributed by atoms with Gasteiger partial charge in [0.2, 0.25) is 0 Å². The number of pyridine rings is 1. The summed E-state index contributed by atoms with van der Waals surface area (Å²) in [4.78, 5) is 4.46.